The van der Waals surface area contributed by atoms with Gasteiger partial charge in [0.15, 0.2) is 11.5 Å². The van der Waals surface area contributed by atoms with Crippen molar-refractivity contribution in [3.05, 3.63) is 28.4 Å². The first-order valence-electron chi connectivity index (χ1n) is 10.7. The third-order valence-corrected chi connectivity index (χ3v) is 6.50. The van der Waals surface area contributed by atoms with Crippen molar-refractivity contribution in [1.82, 2.24) is 4.68 Å². The van der Waals surface area contributed by atoms with E-state index in [1.54, 1.807) is 11.3 Å². The van der Waals surface area contributed by atoms with E-state index >= 15 is 0 Å². The van der Waals surface area contributed by atoms with Gasteiger partial charge in [-0.05, 0) is 56.7 Å². The van der Waals surface area contributed by atoms with Crippen LogP contribution in [0.1, 0.15) is 44.9 Å². The molecule has 1 saturated carbocycles. The Labute approximate surface area is 174 Å². The number of nitrogens with zero attached hydrogens (tertiary/aromatic N) is 3. The van der Waals surface area contributed by atoms with E-state index in [1.165, 1.54) is 25.0 Å². The highest BCUT2D eigenvalue weighted by atomic mass is 32.1. The highest BCUT2D eigenvalue weighted by molar-refractivity contribution is 7.07. The second-order valence-electron chi connectivity index (χ2n) is 7.78. The van der Waals surface area contributed by atoms with Gasteiger partial charge in [-0.25, -0.2) is 4.68 Å². The zero-order chi connectivity index (χ0) is 19.5. The molecule has 0 bridgehead atoms. The fourth-order valence-corrected chi connectivity index (χ4v) is 4.92. The fourth-order valence-electron chi connectivity index (χ4n) is 4.07. The number of fused-ring (bicyclic) bond motifs is 1. The Bertz CT molecular complexity index is 948. The largest absolute Gasteiger partial charge is 0.486 e. The van der Waals surface area contributed by atoms with Crippen molar-refractivity contribution in [3.63, 3.8) is 0 Å². The van der Waals surface area contributed by atoms with Crippen LogP contribution in [-0.4, -0.2) is 42.9 Å². The van der Waals surface area contributed by atoms with E-state index in [2.05, 4.69) is 17.5 Å². The van der Waals surface area contributed by atoms with Gasteiger partial charge in [0.05, 0.1) is 18.3 Å². The van der Waals surface area contributed by atoms with Gasteiger partial charge in [-0.2, -0.15) is 5.10 Å². The average molecular weight is 414 g/mol. The van der Waals surface area contributed by atoms with Crippen LogP contribution < -0.4 is 14.3 Å². The lowest BCUT2D eigenvalue weighted by Gasteiger charge is -2.19. The molecule has 2 aliphatic heterocycles. The first-order chi connectivity index (χ1) is 14.4. The van der Waals surface area contributed by atoms with Crippen LogP contribution in [-0.2, 0) is 4.74 Å². The number of rotatable bonds is 4. The summed E-state index contributed by atoms with van der Waals surface area (Å²) in [5, 5.41) is 7.19. The van der Waals surface area contributed by atoms with Gasteiger partial charge in [0.1, 0.15) is 13.2 Å². The maximum absolute atomic E-state index is 5.79. The van der Waals surface area contributed by atoms with Crippen LogP contribution in [0.3, 0.4) is 0 Å². The van der Waals surface area contributed by atoms with E-state index in [0.29, 0.717) is 19.8 Å². The number of aromatic nitrogens is 1. The van der Waals surface area contributed by atoms with Crippen LogP contribution >= 0.6 is 11.3 Å². The molecule has 3 aliphatic rings. The van der Waals surface area contributed by atoms with Crippen LogP contribution in [0.25, 0.3) is 11.3 Å². The molecule has 1 aliphatic carbocycles. The molecular weight excluding hydrogens is 386 g/mol. The second-order valence-corrected chi connectivity index (χ2v) is 8.61. The molecule has 0 unspecified atom stereocenters. The lowest BCUT2D eigenvalue weighted by atomic mass is 9.99. The number of benzene rings is 1. The van der Waals surface area contributed by atoms with Crippen LogP contribution in [0.4, 0.5) is 0 Å². The smallest absolute Gasteiger partial charge is 0.206 e. The van der Waals surface area contributed by atoms with E-state index < -0.39 is 0 Å². The Morgan fingerprint density at radius 3 is 2.69 bits per heavy atom. The molecule has 0 radical (unpaired) electrons. The number of ether oxygens (including phenoxy) is 3. The molecule has 2 aromatic rings. The van der Waals surface area contributed by atoms with Crippen molar-refractivity contribution >= 4 is 17.0 Å². The summed E-state index contributed by atoms with van der Waals surface area (Å²) in [5.74, 6) is 1.61. The molecule has 0 amide bonds. The minimum absolute atomic E-state index is 0.241. The summed E-state index contributed by atoms with van der Waals surface area (Å²) < 4.78 is 19.3. The maximum atomic E-state index is 5.79. The van der Waals surface area contributed by atoms with Gasteiger partial charge in [-0.1, -0.05) is 6.42 Å². The van der Waals surface area contributed by atoms with Gasteiger partial charge >= 0.3 is 0 Å². The zero-order valence-electron chi connectivity index (χ0n) is 16.6. The average Bonchev–Trinajstić information content (AvgIpc) is 3.43. The van der Waals surface area contributed by atoms with E-state index in [-0.39, 0.29) is 6.10 Å². The highest BCUT2D eigenvalue weighted by Crippen LogP contribution is 2.34. The standard InChI is InChI=1S/C22H27N3O3S/c1-2-5-17(6-3-1)24-25-19(15-29-22(25)23-14-18-7-4-10-26-18)16-8-9-20-21(13-16)28-12-11-27-20/h8-9,13,15,18H,1-7,10-12,14H2/t18-/m1/s1. The van der Waals surface area contributed by atoms with E-state index in [4.69, 9.17) is 24.3 Å². The Hall–Kier alpha value is -2.12. The van der Waals surface area contributed by atoms with Gasteiger partial charge in [0.2, 0.25) is 4.80 Å². The molecule has 1 saturated heterocycles. The Morgan fingerprint density at radius 1 is 1.00 bits per heavy atom. The summed E-state index contributed by atoms with van der Waals surface area (Å²) in [7, 11) is 0. The van der Waals surface area contributed by atoms with Crippen molar-refractivity contribution in [2.24, 2.45) is 10.1 Å². The molecule has 3 heterocycles. The third kappa shape index (κ3) is 4.26. The molecule has 5 rings (SSSR count). The summed E-state index contributed by atoms with van der Waals surface area (Å²) >= 11 is 1.64. The van der Waals surface area contributed by atoms with Crippen LogP contribution in [0, 0.1) is 0 Å². The predicted octanol–water partition coefficient (Wildman–Crippen LogP) is 4.24. The maximum Gasteiger partial charge on any atom is 0.206 e. The lowest BCUT2D eigenvalue weighted by Crippen LogP contribution is -2.19. The molecule has 154 valence electrons. The molecule has 6 nitrogen and oxygen atoms in total. The first kappa shape index (κ1) is 18.9. The summed E-state index contributed by atoms with van der Waals surface area (Å²) in [6, 6.07) is 6.12. The van der Waals surface area contributed by atoms with Gasteiger partial charge in [-0.3, -0.25) is 4.99 Å². The monoisotopic (exact) mass is 413 g/mol. The number of thiazole rings is 1. The minimum Gasteiger partial charge on any atom is -0.486 e. The fraction of sp³-hybridized carbons (Fsp3) is 0.545. The van der Waals surface area contributed by atoms with Gasteiger partial charge in [0, 0.05) is 23.3 Å². The summed E-state index contributed by atoms with van der Waals surface area (Å²) in [6.45, 7) is 2.75. The minimum atomic E-state index is 0.241. The van der Waals surface area contributed by atoms with Crippen LogP contribution in [0.5, 0.6) is 11.5 Å². The van der Waals surface area contributed by atoms with Crippen molar-refractivity contribution in [2.45, 2.75) is 51.0 Å². The molecule has 1 aromatic heterocycles. The van der Waals surface area contributed by atoms with Gasteiger partial charge < -0.3 is 14.2 Å². The molecule has 2 fully saturated rings. The summed E-state index contributed by atoms with van der Waals surface area (Å²) in [4.78, 5) is 5.81. The van der Waals surface area contributed by atoms with Crippen molar-refractivity contribution in [1.29, 1.82) is 0 Å². The predicted molar refractivity (Wildman–Crippen MR) is 114 cm³/mol. The molecule has 1 atom stereocenters. The van der Waals surface area contributed by atoms with Crippen LogP contribution in [0.2, 0.25) is 0 Å². The number of hydrogen-bond acceptors (Lipinski definition) is 6. The number of hydrogen-bond donors (Lipinski definition) is 0. The van der Waals surface area contributed by atoms with Crippen molar-refractivity contribution in [3.8, 4) is 22.8 Å². The molecule has 1 aromatic carbocycles. The Kier molecular flexibility index (Phi) is 5.67. The van der Waals surface area contributed by atoms with E-state index in [0.717, 1.165) is 59.8 Å². The van der Waals surface area contributed by atoms with Crippen LogP contribution in [0.15, 0.2) is 33.7 Å². The van der Waals surface area contributed by atoms with Crippen molar-refractivity contribution < 1.29 is 14.2 Å². The molecule has 29 heavy (non-hydrogen) atoms. The third-order valence-electron chi connectivity index (χ3n) is 5.65. The van der Waals surface area contributed by atoms with Gasteiger partial charge in [0.25, 0.3) is 0 Å². The normalized spacial score (nSPS) is 22.1. The SMILES string of the molecule is c1cc2c(cc1-c1csc(=NC[C@H]3CCCO3)n1N=C1CCCCC1)OCCO2. The quantitative estimate of drug-likeness (QED) is 0.753. The lowest BCUT2D eigenvalue weighted by molar-refractivity contribution is 0.117. The van der Waals surface area contributed by atoms with E-state index in [9.17, 15) is 0 Å². The van der Waals surface area contributed by atoms with E-state index in [1.807, 2.05) is 10.7 Å². The molecule has 0 spiro atoms. The summed E-state index contributed by atoms with van der Waals surface area (Å²) in [6.07, 6.45) is 8.39. The highest BCUT2D eigenvalue weighted by Gasteiger charge is 2.18. The molecule has 0 N–H and O–H groups in total. The molecular formula is C22H27N3O3S. The van der Waals surface area contributed by atoms with Crippen molar-refractivity contribution in [2.75, 3.05) is 26.4 Å². The van der Waals surface area contributed by atoms with Gasteiger partial charge in [-0.15, -0.1) is 11.3 Å². The Morgan fingerprint density at radius 2 is 1.86 bits per heavy atom. The Balaban J connectivity index is 1.53. The summed E-state index contributed by atoms with van der Waals surface area (Å²) in [5.41, 5.74) is 3.40. The topological polar surface area (TPSA) is 57.3 Å². The first-order valence-corrected chi connectivity index (χ1v) is 11.5. The molecule has 7 heteroatoms. The zero-order valence-corrected chi connectivity index (χ0v) is 17.5. The second kappa shape index (κ2) is 8.71.